The molecule has 1 aliphatic carbocycles. The zero-order valence-corrected chi connectivity index (χ0v) is 17.9. The molecule has 2 aromatic carbocycles. The van der Waals surface area contributed by atoms with E-state index in [1.54, 1.807) is 6.20 Å². The number of anilines is 3. The van der Waals surface area contributed by atoms with Crippen molar-refractivity contribution < 1.29 is 11.0 Å². The fraction of sp³-hybridized carbons (Fsp3) is 0.320. The number of methoxy groups -OCH3 is 1. The number of rotatable bonds is 5. The number of carbonyl (C=O) groups is 1. The van der Waals surface area contributed by atoms with Crippen LogP contribution in [0.15, 0.2) is 60.8 Å². The molecule has 1 N–H and O–H groups in total. The van der Waals surface area contributed by atoms with Crippen molar-refractivity contribution in [3.63, 3.8) is 0 Å². The molecule has 3 unspecified atom stereocenters. The zero-order valence-electron chi connectivity index (χ0n) is 17.9. The van der Waals surface area contributed by atoms with Crippen LogP contribution in [0, 0.1) is 5.92 Å². The average molecular weight is 417 g/mol. The molecule has 160 valence electrons. The van der Waals surface area contributed by atoms with Crippen LogP contribution in [0.5, 0.6) is 0 Å². The number of benzene rings is 2. The second kappa shape index (κ2) is 7.69. The molecule has 0 saturated heterocycles. The first-order chi connectivity index (χ1) is 15.1. The molecule has 0 radical (unpaired) electrons. The number of esters is 1. The van der Waals surface area contributed by atoms with Gasteiger partial charge in [0.1, 0.15) is 5.82 Å². The van der Waals surface area contributed by atoms with Crippen molar-refractivity contribution in [3.8, 4) is 0 Å². The Bertz CT molecular complexity index is 1120. The molecule has 1 fully saturated rings. The first-order valence-electron chi connectivity index (χ1n) is 10.7. The Morgan fingerprint density at radius 1 is 1.23 bits per heavy atom. The predicted molar refractivity (Wildman–Crippen MR) is 123 cm³/mol. The summed E-state index contributed by atoms with van der Waals surface area (Å²) in [7, 11) is 1.41. The van der Waals surface area contributed by atoms with E-state index >= 15 is 0 Å². The van der Waals surface area contributed by atoms with E-state index in [1.807, 2.05) is 36.4 Å². The molecule has 2 aliphatic heterocycles. The van der Waals surface area contributed by atoms with Gasteiger partial charge in [-0.15, -0.1) is 0 Å². The lowest BCUT2D eigenvalue weighted by Gasteiger charge is -2.55. The highest BCUT2D eigenvalue weighted by Gasteiger charge is 2.49. The lowest BCUT2D eigenvalue weighted by atomic mass is 9.62. The number of nitrogens with zero attached hydrogens (tertiary/aromatic N) is 3. The van der Waals surface area contributed by atoms with Crippen molar-refractivity contribution in [2.75, 3.05) is 17.3 Å². The maximum Gasteiger partial charge on any atom is 0.337 e. The number of nitrogens with one attached hydrogen (secondary N) is 1. The molecule has 0 spiro atoms. The fourth-order valence-electron chi connectivity index (χ4n) is 4.87. The van der Waals surface area contributed by atoms with Crippen LogP contribution >= 0.6 is 0 Å². The predicted octanol–water partition coefficient (Wildman–Crippen LogP) is 5.33. The van der Waals surface area contributed by atoms with Gasteiger partial charge in [-0.25, -0.2) is 9.78 Å². The Kier molecular flexibility index (Phi) is 4.85. The standard InChI is InChI=1S/C25H26N4O2.H2/c1-15-20-14-21(15)29(22-13-18(24(30)31-3)9-10-19(20)22)23-11-12-26-25(28-23)27-16(2)17-7-5-4-6-8-17;/h4-13,15-16,20-21H,14H2,1-3H3,(H,26,27,28);1H/t15?,16-,20?,21?;/m0./s1. The monoisotopic (exact) mass is 416 g/mol. The summed E-state index contributed by atoms with van der Waals surface area (Å²) in [4.78, 5) is 23.7. The van der Waals surface area contributed by atoms with Crippen molar-refractivity contribution in [3.05, 3.63) is 77.5 Å². The van der Waals surface area contributed by atoms with Gasteiger partial charge in [-0.1, -0.05) is 43.3 Å². The highest BCUT2D eigenvalue weighted by molar-refractivity contribution is 5.91. The lowest BCUT2D eigenvalue weighted by Crippen LogP contribution is -2.53. The average Bonchev–Trinajstić information content (AvgIpc) is 2.82. The van der Waals surface area contributed by atoms with Gasteiger partial charge in [-0.2, -0.15) is 4.98 Å². The molecular weight excluding hydrogens is 388 g/mol. The quantitative estimate of drug-likeness (QED) is 0.567. The highest BCUT2D eigenvalue weighted by atomic mass is 16.5. The van der Waals surface area contributed by atoms with E-state index in [4.69, 9.17) is 9.72 Å². The fourth-order valence-corrected chi connectivity index (χ4v) is 4.87. The number of carbonyl (C=O) groups excluding carboxylic acids is 1. The van der Waals surface area contributed by atoms with Gasteiger partial charge in [0.15, 0.2) is 0 Å². The molecule has 3 aliphatic rings. The largest absolute Gasteiger partial charge is 0.465 e. The van der Waals surface area contributed by atoms with Gasteiger partial charge in [-0.05, 0) is 54.5 Å². The van der Waals surface area contributed by atoms with E-state index in [-0.39, 0.29) is 13.4 Å². The Morgan fingerprint density at radius 2 is 2.03 bits per heavy atom. The first kappa shape index (κ1) is 19.5. The molecule has 6 rings (SSSR count). The molecule has 2 bridgehead atoms. The Balaban J connectivity index is 0.00000245. The molecule has 6 nitrogen and oxygen atoms in total. The van der Waals surface area contributed by atoms with Crippen LogP contribution < -0.4 is 10.2 Å². The number of hydrogen-bond acceptors (Lipinski definition) is 6. The van der Waals surface area contributed by atoms with Crippen LogP contribution in [0.3, 0.4) is 0 Å². The summed E-state index contributed by atoms with van der Waals surface area (Å²) in [6.45, 7) is 4.39. The van der Waals surface area contributed by atoms with Crippen molar-refractivity contribution in [1.29, 1.82) is 0 Å². The third kappa shape index (κ3) is 3.32. The normalized spacial score (nSPS) is 22.2. The second-order valence-electron chi connectivity index (χ2n) is 8.42. The van der Waals surface area contributed by atoms with Gasteiger partial charge >= 0.3 is 5.97 Å². The van der Waals surface area contributed by atoms with Crippen molar-refractivity contribution in [1.82, 2.24) is 9.97 Å². The van der Waals surface area contributed by atoms with E-state index in [0.717, 1.165) is 17.9 Å². The van der Waals surface area contributed by atoms with Crippen LogP contribution in [0.1, 0.15) is 55.1 Å². The van der Waals surface area contributed by atoms with Gasteiger partial charge in [0.25, 0.3) is 0 Å². The van der Waals surface area contributed by atoms with E-state index in [0.29, 0.717) is 29.4 Å². The molecule has 1 aromatic heterocycles. The van der Waals surface area contributed by atoms with E-state index in [9.17, 15) is 4.79 Å². The van der Waals surface area contributed by atoms with Crippen LogP contribution in [0.25, 0.3) is 0 Å². The third-order valence-corrected chi connectivity index (χ3v) is 6.71. The number of ether oxygens (including phenoxy) is 1. The molecule has 0 amide bonds. The molecule has 3 heterocycles. The molecule has 31 heavy (non-hydrogen) atoms. The zero-order chi connectivity index (χ0) is 21.5. The van der Waals surface area contributed by atoms with Gasteiger partial charge in [0.05, 0.1) is 18.7 Å². The maximum absolute atomic E-state index is 12.1. The highest BCUT2D eigenvalue weighted by Crippen LogP contribution is 2.56. The SMILES string of the molecule is COC(=O)c1ccc2c(c1)N(c1ccnc(N[C@@H](C)c3ccccc3)n1)C1CC2C1C.[HH]. The molecule has 4 atom stereocenters. The summed E-state index contributed by atoms with van der Waals surface area (Å²) in [5, 5.41) is 3.42. The summed E-state index contributed by atoms with van der Waals surface area (Å²) in [6, 6.07) is 18.5. The van der Waals surface area contributed by atoms with Gasteiger partial charge in [0, 0.05) is 19.4 Å². The van der Waals surface area contributed by atoms with Crippen molar-refractivity contribution in [2.24, 2.45) is 5.92 Å². The summed E-state index contributed by atoms with van der Waals surface area (Å²) in [5.41, 5.74) is 4.06. The minimum Gasteiger partial charge on any atom is -0.465 e. The number of aromatic nitrogens is 2. The minimum atomic E-state index is -0.322. The summed E-state index contributed by atoms with van der Waals surface area (Å²) >= 11 is 0. The summed E-state index contributed by atoms with van der Waals surface area (Å²) < 4.78 is 4.94. The molecule has 3 aromatic rings. The second-order valence-corrected chi connectivity index (χ2v) is 8.42. The van der Waals surface area contributed by atoms with E-state index < -0.39 is 0 Å². The molecule has 6 heteroatoms. The minimum absolute atomic E-state index is 0. The Morgan fingerprint density at radius 3 is 2.77 bits per heavy atom. The van der Waals surface area contributed by atoms with Crippen molar-refractivity contribution in [2.45, 2.75) is 38.3 Å². The van der Waals surface area contributed by atoms with Crippen molar-refractivity contribution >= 4 is 23.4 Å². The smallest absolute Gasteiger partial charge is 0.337 e. The first-order valence-corrected chi connectivity index (χ1v) is 10.7. The Labute approximate surface area is 183 Å². The maximum atomic E-state index is 12.1. The van der Waals surface area contributed by atoms with Gasteiger partial charge < -0.3 is 15.0 Å². The topological polar surface area (TPSA) is 67.3 Å². The van der Waals surface area contributed by atoms with E-state index in [1.165, 1.54) is 18.2 Å². The number of hydrogen-bond donors (Lipinski definition) is 1. The van der Waals surface area contributed by atoms with Crippen LogP contribution in [0.2, 0.25) is 0 Å². The van der Waals surface area contributed by atoms with Gasteiger partial charge in [-0.3, -0.25) is 0 Å². The Hall–Kier alpha value is -3.41. The molecular formula is C25H28N4O2. The van der Waals surface area contributed by atoms with Crippen LogP contribution in [0.4, 0.5) is 17.5 Å². The van der Waals surface area contributed by atoms with E-state index in [2.05, 4.69) is 47.2 Å². The molecule has 1 saturated carbocycles. The van der Waals surface area contributed by atoms with Crippen LogP contribution in [-0.2, 0) is 4.74 Å². The summed E-state index contributed by atoms with van der Waals surface area (Å²) in [6.07, 6.45) is 2.89. The summed E-state index contributed by atoms with van der Waals surface area (Å²) in [5.74, 6) is 2.17. The van der Waals surface area contributed by atoms with Gasteiger partial charge in [0.2, 0.25) is 5.95 Å². The van der Waals surface area contributed by atoms with Crippen LogP contribution in [-0.4, -0.2) is 29.1 Å². The lowest BCUT2D eigenvalue weighted by molar-refractivity contribution is 0.0600. The third-order valence-electron chi connectivity index (χ3n) is 6.71.